The van der Waals surface area contributed by atoms with Crippen molar-refractivity contribution in [2.45, 2.75) is 65.1 Å². The molecule has 1 aromatic rings. The van der Waals surface area contributed by atoms with Crippen molar-refractivity contribution in [3.05, 3.63) is 34.4 Å². The van der Waals surface area contributed by atoms with E-state index in [0.29, 0.717) is 18.6 Å². The topological polar surface area (TPSA) is 72.3 Å². The summed E-state index contributed by atoms with van der Waals surface area (Å²) in [6, 6.07) is 4.59. The predicted octanol–water partition coefficient (Wildman–Crippen LogP) is 2.49. The van der Waals surface area contributed by atoms with Crippen LogP contribution in [0.25, 0.3) is 0 Å². The first-order chi connectivity index (χ1) is 10.5. The van der Waals surface area contributed by atoms with E-state index in [1.54, 1.807) is 0 Å². The highest BCUT2D eigenvalue weighted by atomic mass is 16.2. The van der Waals surface area contributed by atoms with Gasteiger partial charge in [0.1, 0.15) is 0 Å². The summed E-state index contributed by atoms with van der Waals surface area (Å²) >= 11 is 0. The molecule has 1 fully saturated rings. The molecule has 0 heterocycles. The van der Waals surface area contributed by atoms with Gasteiger partial charge < -0.3 is 16.4 Å². The summed E-state index contributed by atoms with van der Waals surface area (Å²) in [4.78, 5) is 14.9. The minimum atomic E-state index is 0.137. The number of nitrogens with two attached hydrogens (primary N) is 2. The van der Waals surface area contributed by atoms with Gasteiger partial charge in [0.05, 0.1) is 0 Å². The quantitative estimate of drug-likeness (QED) is 0.897. The SMILES string of the molecule is CCN(C(=O)c1cc(C)c(CN)c(C)c1)C1CCC(N)CC1. The highest BCUT2D eigenvalue weighted by Crippen LogP contribution is 2.25. The number of hydrogen-bond acceptors (Lipinski definition) is 3. The van der Waals surface area contributed by atoms with Crippen LogP contribution in [-0.2, 0) is 6.54 Å². The zero-order chi connectivity index (χ0) is 16.3. The van der Waals surface area contributed by atoms with Crippen molar-refractivity contribution in [1.29, 1.82) is 0 Å². The predicted molar refractivity (Wildman–Crippen MR) is 90.7 cm³/mol. The molecule has 0 radical (unpaired) electrons. The summed E-state index contributed by atoms with van der Waals surface area (Å²) in [5.41, 5.74) is 15.9. The average Bonchev–Trinajstić information content (AvgIpc) is 2.49. The van der Waals surface area contributed by atoms with Crippen LogP contribution in [0.4, 0.5) is 0 Å². The van der Waals surface area contributed by atoms with Gasteiger partial charge in [0.15, 0.2) is 0 Å². The minimum Gasteiger partial charge on any atom is -0.336 e. The molecule has 1 saturated carbocycles. The van der Waals surface area contributed by atoms with Crippen LogP contribution >= 0.6 is 0 Å². The number of amides is 1. The maximum absolute atomic E-state index is 12.9. The standard InChI is InChI=1S/C18H29N3O/c1-4-21(16-7-5-15(20)6-8-16)18(22)14-9-12(2)17(11-19)13(3)10-14/h9-10,15-16H,4-8,11,19-20H2,1-3H3. The van der Waals surface area contributed by atoms with Gasteiger partial charge in [0.25, 0.3) is 5.91 Å². The third-order valence-corrected chi connectivity index (χ3v) is 4.93. The number of rotatable bonds is 4. The Hall–Kier alpha value is -1.39. The molecule has 2 rings (SSSR count). The Morgan fingerprint density at radius 2 is 1.73 bits per heavy atom. The first-order valence-electron chi connectivity index (χ1n) is 8.34. The average molecular weight is 303 g/mol. The summed E-state index contributed by atoms with van der Waals surface area (Å²) in [6.07, 6.45) is 4.05. The van der Waals surface area contributed by atoms with Crippen molar-refractivity contribution in [3.63, 3.8) is 0 Å². The van der Waals surface area contributed by atoms with Gasteiger partial charge in [-0.2, -0.15) is 0 Å². The molecule has 4 nitrogen and oxygen atoms in total. The van der Waals surface area contributed by atoms with E-state index >= 15 is 0 Å². The van der Waals surface area contributed by atoms with Crippen LogP contribution in [0.15, 0.2) is 12.1 Å². The van der Waals surface area contributed by atoms with Gasteiger partial charge in [-0.05, 0) is 75.3 Å². The van der Waals surface area contributed by atoms with Crippen LogP contribution in [0.2, 0.25) is 0 Å². The molecule has 0 bridgehead atoms. The molecule has 0 unspecified atom stereocenters. The molecule has 122 valence electrons. The Bertz CT molecular complexity index is 510. The molecule has 0 aromatic heterocycles. The van der Waals surface area contributed by atoms with Gasteiger partial charge in [-0.3, -0.25) is 4.79 Å². The van der Waals surface area contributed by atoms with Crippen molar-refractivity contribution in [2.75, 3.05) is 6.54 Å². The number of carbonyl (C=O) groups excluding carboxylic acids is 1. The monoisotopic (exact) mass is 303 g/mol. The van der Waals surface area contributed by atoms with Gasteiger partial charge in [0.2, 0.25) is 0 Å². The Kier molecular flexibility index (Phi) is 5.59. The Balaban J connectivity index is 2.21. The second kappa shape index (κ2) is 7.25. The molecule has 4 N–H and O–H groups in total. The molecule has 4 heteroatoms. The van der Waals surface area contributed by atoms with E-state index in [-0.39, 0.29) is 5.91 Å². The summed E-state index contributed by atoms with van der Waals surface area (Å²) in [5, 5.41) is 0. The van der Waals surface area contributed by atoms with Gasteiger partial charge in [0, 0.05) is 30.7 Å². The molecule has 22 heavy (non-hydrogen) atoms. The van der Waals surface area contributed by atoms with Crippen molar-refractivity contribution in [1.82, 2.24) is 4.90 Å². The fourth-order valence-electron chi connectivity index (χ4n) is 3.59. The summed E-state index contributed by atoms with van der Waals surface area (Å²) in [6.45, 7) is 7.38. The summed E-state index contributed by atoms with van der Waals surface area (Å²) in [7, 11) is 0. The lowest BCUT2D eigenvalue weighted by atomic mass is 9.90. The van der Waals surface area contributed by atoms with E-state index in [2.05, 4.69) is 6.92 Å². The number of hydrogen-bond donors (Lipinski definition) is 2. The van der Waals surface area contributed by atoms with Crippen LogP contribution in [0, 0.1) is 13.8 Å². The third kappa shape index (κ3) is 3.50. The van der Waals surface area contributed by atoms with Crippen molar-refractivity contribution in [2.24, 2.45) is 11.5 Å². The first-order valence-corrected chi connectivity index (χ1v) is 8.34. The lowest BCUT2D eigenvalue weighted by molar-refractivity contribution is 0.0640. The summed E-state index contributed by atoms with van der Waals surface area (Å²) in [5.74, 6) is 0.137. The second-order valence-corrected chi connectivity index (χ2v) is 6.45. The normalized spacial score (nSPS) is 21.7. The lowest BCUT2D eigenvalue weighted by Crippen LogP contribution is -2.44. The molecule has 1 aliphatic rings. The molecular formula is C18H29N3O. The molecule has 0 aliphatic heterocycles. The van der Waals surface area contributed by atoms with E-state index in [1.807, 2.05) is 30.9 Å². The lowest BCUT2D eigenvalue weighted by Gasteiger charge is -2.35. The number of aryl methyl sites for hydroxylation is 2. The van der Waals surface area contributed by atoms with E-state index in [0.717, 1.165) is 54.5 Å². The van der Waals surface area contributed by atoms with Crippen LogP contribution in [0.3, 0.4) is 0 Å². The van der Waals surface area contributed by atoms with Crippen molar-refractivity contribution < 1.29 is 4.79 Å². The highest BCUT2D eigenvalue weighted by Gasteiger charge is 2.27. The zero-order valence-electron chi connectivity index (χ0n) is 14.1. The van der Waals surface area contributed by atoms with Gasteiger partial charge in [-0.25, -0.2) is 0 Å². The van der Waals surface area contributed by atoms with Crippen LogP contribution < -0.4 is 11.5 Å². The second-order valence-electron chi connectivity index (χ2n) is 6.45. The van der Waals surface area contributed by atoms with Gasteiger partial charge in [-0.15, -0.1) is 0 Å². The van der Waals surface area contributed by atoms with Crippen molar-refractivity contribution >= 4 is 5.91 Å². The van der Waals surface area contributed by atoms with E-state index in [1.165, 1.54) is 0 Å². The maximum atomic E-state index is 12.9. The van der Waals surface area contributed by atoms with Crippen LogP contribution in [0.1, 0.15) is 59.7 Å². The number of nitrogens with zero attached hydrogens (tertiary/aromatic N) is 1. The fourth-order valence-corrected chi connectivity index (χ4v) is 3.59. The van der Waals surface area contributed by atoms with E-state index in [4.69, 9.17) is 11.5 Å². The fraction of sp³-hybridized carbons (Fsp3) is 0.611. The molecule has 0 atom stereocenters. The van der Waals surface area contributed by atoms with Crippen LogP contribution in [0.5, 0.6) is 0 Å². The van der Waals surface area contributed by atoms with Crippen molar-refractivity contribution in [3.8, 4) is 0 Å². The number of benzene rings is 1. The molecular weight excluding hydrogens is 274 g/mol. The highest BCUT2D eigenvalue weighted by molar-refractivity contribution is 5.95. The molecule has 1 amide bonds. The molecule has 0 saturated heterocycles. The Morgan fingerprint density at radius 1 is 1.18 bits per heavy atom. The van der Waals surface area contributed by atoms with E-state index in [9.17, 15) is 4.79 Å². The zero-order valence-corrected chi connectivity index (χ0v) is 14.1. The maximum Gasteiger partial charge on any atom is 0.254 e. The largest absolute Gasteiger partial charge is 0.336 e. The van der Waals surface area contributed by atoms with Gasteiger partial charge in [-0.1, -0.05) is 0 Å². The van der Waals surface area contributed by atoms with Gasteiger partial charge >= 0.3 is 0 Å². The number of carbonyl (C=O) groups is 1. The van der Waals surface area contributed by atoms with Crippen LogP contribution in [-0.4, -0.2) is 29.4 Å². The minimum absolute atomic E-state index is 0.137. The summed E-state index contributed by atoms with van der Waals surface area (Å²) < 4.78 is 0. The molecule has 1 aromatic carbocycles. The Morgan fingerprint density at radius 3 is 2.18 bits per heavy atom. The molecule has 0 spiro atoms. The molecule has 1 aliphatic carbocycles. The Labute approximate surface area is 133 Å². The third-order valence-electron chi connectivity index (χ3n) is 4.93. The first kappa shape index (κ1) is 17.0. The van der Waals surface area contributed by atoms with E-state index < -0.39 is 0 Å². The smallest absolute Gasteiger partial charge is 0.254 e.